The van der Waals surface area contributed by atoms with Crippen LogP contribution in [0.4, 0.5) is 10.8 Å². The minimum atomic E-state index is -1.13. The summed E-state index contributed by atoms with van der Waals surface area (Å²) in [5.74, 6) is -0.179. The zero-order chi connectivity index (χ0) is 25.5. The summed E-state index contributed by atoms with van der Waals surface area (Å²) in [7, 11) is 1.87. The average molecular weight is 490 g/mol. The number of ether oxygens (including phenoxy) is 2. The zero-order valence-electron chi connectivity index (χ0n) is 20.1. The van der Waals surface area contributed by atoms with Gasteiger partial charge in [0.2, 0.25) is 0 Å². The van der Waals surface area contributed by atoms with E-state index in [9.17, 15) is 14.7 Å². The first kappa shape index (κ1) is 24.6. The molecule has 3 aromatic carbocycles. The highest BCUT2D eigenvalue weighted by Crippen LogP contribution is 2.21. The van der Waals surface area contributed by atoms with E-state index in [0.29, 0.717) is 36.2 Å². The van der Waals surface area contributed by atoms with Crippen LogP contribution in [0.3, 0.4) is 0 Å². The number of carboxylic acid groups (broad SMARTS) is 1. The highest BCUT2D eigenvalue weighted by molar-refractivity contribution is 5.78. The van der Waals surface area contributed by atoms with Crippen molar-refractivity contribution in [2.24, 2.45) is 0 Å². The fourth-order valence-corrected chi connectivity index (χ4v) is 3.57. The number of nitrogens with zero attached hydrogens (tertiary/aromatic N) is 3. The molecule has 0 saturated carbocycles. The molecule has 0 aliphatic heterocycles. The number of oxazole rings is 1. The number of hydrogen-bond donors (Lipinski definition) is 1. The molecule has 0 aliphatic carbocycles. The highest BCUT2D eigenvalue weighted by Gasteiger charge is 2.20. The number of likely N-dealkylation sites (N-methyl/N-ethyl adjacent to an activating group) is 1. The monoisotopic (exact) mass is 489 g/mol. The van der Waals surface area contributed by atoms with Crippen molar-refractivity contribution in [2.75, 3.05) is 31.6 Å². The van der Waals surface area contributed by atoms with E-state index >= 15 is 0 Å². The number of carboxylic acids is 1. The first-order chi connectivity index (χ1) is 17.4. The SMILES string of the molecule is Cc1cccc(OC(=O)N(CC(=O)O)Cc2cccc(OCCN(C)c3nc4ccccc4o3)c2)c1. The molecule has 186 valence electrons. The molecule has 0 unspecified atom stereocenters. The van der Waals surface area contributed by atoms with Crippen molar-refractivity contribution >= 4 is 29.2 Å². The highest BCUT2D eigenvalue weighted by atomic mass is 16.6. The van der Waals surface area contributed by atoms with Crippen molar-refractivity contribution in [3.63, 3.8) is 0 Å². The molecule has 0 radical (unpaired) electrons. The lowest BCUT2D eigenvalue weighted by molar-refractivity contribution is -0.138. The number of fused-ring (bicyclic) bond motifs is 1. The summed E-state index contributed by atoms with van der Waals surface area (Å²) in [5.41, 5.74) is 3.15. The minimum absolute atomic E-state index is 0.0525. The summed E-state index contributed by atoms with van der Waals surface area (Å²) in [4.78, 5) is 31.5. The van der Waals surface area contributed by atoms with Crippen molar-refractivity contribution in [3.05, 3.63) is 83.9 Å². The average Bonchev–Trinajstić information content (AvgIpc) is 3.28. The largest absolute Gasteiger partial charge is 0.492 e. The Kier molecular flexibility index (Phi) is 7.69. The van der Waals surface area contributed by atoms with E-state index in [2.05, 4.69) is 4.98 Å². The number of hydrogen-bond acceptors (Lipinski definition) is 7. The van der Waals surface area contributed by atoms with Crippen LogP contribution in [0.5, 0.6) is 11.5 Å². The van der Waals surface area contributed by atoms with Crippen LogP contribution < -0.4 is 14.4 Å². The molecule has 1 amide bonds. The number of aromatic nitrogens is 1. The summed E-state index contributed by atoms with van der Waals surface area (Å²) >= 11 is 0. The van der Waals surface area contributed by atoms with E-state index < -0.39 is 18.6 Å². The predicted molar refractivity (Wildman–Crippen MR) is 134 cm³/mol. The van der Waals surface area contributed by atoms with Crippen LogP contribution in [0, 0.1) is 6.92 Å². The quantitative estimate of drug-likeness (QED) is 0.341. The molecule has 0 saturated heterocycles. The number of aryl methyl sites for hydroxylation is 1. The maximum Gasteiger partial charge on any atom is 0.416 e. The Morgan fingerprint density at radius 2 is 1.78 bits per heavy atom. The molecule has 9 heteroatoms. The van der Waals surface area contributed by atoms with Gasteiger partial charge >= 0.3 is 12.1 Å². The third-order valence-electron chi connectivity index (χ3n) is 5.36. The minimum Gasteiger partial charge on any atom is -0.492 e. The molecular formula is C27H27N3O6. The van der Waals surface area contributed by atoms with Gasteiger partial charge in [0.15, 0.2) is 5.58 Å². The van der Waals surface area contributed by atoms with Crippen molar-refractivity contribution in [3.8, 4) is 11.5 Å². The first-order valence-corrected chi connectivity index (χ1v) is 11.4. The van der Waals surface area contributed by atoms with E-state index in [1.54, 1.807) is 42.5 Å². The number of anilines is 1. The van der Waals surface area contributed by atoms with Gasteiger partial charge in [0, 0.05) is 13.6 Å². The van der Waals surface area contributed by atoms with Gasteiger partial charge in [-0.25, -0.2) is 4.79 Å². The zero-order valence-corrected chi connectivity index (χ0v) is 20.1. The van der Waals surface area contributed by atoms with Crippen molar-refractivity contribution < 1.29 is 28.6 Å². The maximum atomic E-state index is 12.7. The third-order valence-corrected chi connectivity index (χ3v) is 5.36. The molecule has 0 bridgehead atoms. The lowest BCUT2D eigenvalue weighted by Crippen LogP contribution is -2.37. The van der Waals surface area contributed by atoms with Gasteiger partial charge in [0.1, 0.15) is 30.2 Å². The smallest absolute Gasteiger partial charge is 0.416 e. The number of para-hydroxylation sites is 2. The van der Waals surface area contributed by atoms with Crippen molar-refractivity contribution in [2.45, 2.75) is 13.5 Å². The van der Waals surface area contributed by atoms with Crippen LogP contribution >= 0.6 is 0 Å². The fraction of sp³-hybridized carbons (Fsp3) is 0.222. The van der Waals surface area contributed by atoms with Crippen LogP contribution in [0.15, 0.2) is 77.2 Å². The Labute approximate surface area is 208 Å². The molecule has 0 aliphatic rings. The summed E-state index contributed by atoms with van der Waals surface area (Å²) in [6.45, 7) is 2.34. The lowest BCUT2D eigenvalue weighted by Gasteiger charge is -2.21. The number of aliphatic carboxylic acids is 1. The van der Waals surface area contributed by atoms with Gasteiger partial charge < -0.3 is 23.9 Å². The van der Waals surface area contributed by atoms with Gasteiger partial charge in [-0.15, -0.1) is 0 Å². The van der Waals surface area contributed by atoms with E-state index in [4.69, 9.17) is 13.9 Å². The second-order valence-corrected chi connectivity index (χ2v) is 8.32. The van der Waals surface area contributed by atoms with Crippen LogP contribution in [-0.4, -0.2) is 53.8 Å². The molecule has 1 heterocycles. The van der Waals surface area contributed by atoms with Gasteiger partial charge in [0.25, 0.3) is 6.01 Å². The normalized spacial score (nSPS) is 10.7. The van der Waals surface area contributed by atoms with Gasteiger partial charge in [-0.2, -0.15) is 4.98 Å². The topological polar surface area (TPSA) is 105 Å². The number of rotatable bonds is 10. The van der Waals surface area contributed by atoms with Crippen LogP contribution in [0.1, 0.15) is 11.1 Å². The Morgan fingerprint density at radius 1 is 1.00 bits per heavy atom. The molecule has 0 atom stereocenters. The van der Waals surface area contributed by atoms with Gasteiger partial charge in [-0.1, -0.05) is 36.4 Å². The van der Waals surface area contributed by atoms with Gasteiger partial charge in [-0.05, 0) is 54.4 Å². The van der Waals surface area contributed by atoms with E-state index in [-0.39, 0.29) is 6.54 Å². The number of benzene rings is 3. The molecule has 4 rings (SSSR count). The van der Waals surface area contributed by atoms with E-state index in [1.807, 2.05) is 49.2 Å². The lowest BCUT2D eigenvalue weighted by atomic mass is 10.2. The fourth-order valence-electron chi connectivity index (χ4n) is 3.57. The molecule has 1 N–H and O–H groups in total. The van der Waals surface area contributed by atoms with Crippen LogP contribution in [-0.2, 0) is 11.3 Å². The van der Waals surface area contributed by atoms with Crippen molar-refractivity contribution in [1.82, 2.24) is 9.88 Å². The Bertz CT molecular complexity index is 1320. The molecule has 36 heavy (non-hydrogen) atoms. The third kappa shape index (κ3) is 6.53. The maximum absolute atomic E-state index is 12.7. The first-order valence-electron chi connectivity index (χ1n) is 11.4. The molecule has 1 aromatic heterocycles. The van der Waals surface area contributed by atoms with Gasteiger partial charge in [-0.3, -0.25) is 9.69 Å². The second kappa shape index (κ2) is 11.3. The summed E-state index contributed by atoms with van der Waals surface area (Å²) in [6.07, 6.45) is -0.741. The number of carbonyl (C=O) groups excluding carboxylic acids is 1. The predicted octanol–water partition coefficient (Wildman–Crippen LogP) is 4.74. The standard InChI is InChI=1S/C27H27N3O6/c1-19-7-5-10-22(15-19)35-27(33)30(18-25(31)32)17-20-8-6-9-21(16-20)34-14-13-29(2)26-28-23-11-3-4-12-24(23)36-26/h3-12,15-16H,13-14,17-18H2,1-2H3,(H,31,32). The molecule has 9 nitrogen and oxygen atoms in total. The summed E-state index contributed by atoms with van der Waals surface area (Å²) in [6, 6.07) is 22.2. The Hall–Kier alpha value is -4.53. The molecule has 0 spiro atoms. The Morgan fingerprint density at radius 3 is 2.56 bits per heavy atom. The Balaban J connectivity index is 1.35. The van der Waals surface area contributed by atoms with Crippen LogP contribution in [0.25, 0.3) is 11.1 Å². The van der Waals surface area contributed by atoms with Crippen molar-refractivity contribution in [1.29, 1.82) is 0 Å². The molecular weight excluding hydrogens is 462 g/mol. The summed E-state index contributed by atoms with van der Waals surface area (Å²) in [5, 5.41) is 9.29. The molecule has 4 aromatic rings. The second-order valence-electron chi connectivity index (χ2n) is 8.32. The number of amides is 1. The van der Waals surface area contributed by atoms with Gasteiger partial charge in [0.05, 0.1) is 6.54 Å². The number of carbonyl (C=O) groups is 2. The van der Waals surface area contributed by atoms with E-state index in [0.717, 1.165) is 21.6 Å². The summed E-state index contributed by atoms with van der Waals surface area (Å²) < 4.78 is 17.0. The molecule has 0 fully saturated rings. The van der Waals surface area contributed by atoms with Crippen LogP contribution in [0.2, 0.25) is 0 Å². The van der Waals surface area contributed by atoms with E-state index in [1.165, 1.54) is 0 Å².